The van der Waals surface area contributed by atoms with Gasteiger partial charge in [0.2, 0.25) is 5.91 Å². The Morgan fingerprint density at radius 3 is 3.09 bits per heavy atom. The van der Waals surface area contributed by atoms with Gasteiger partial charge in [0.25, 0.3) is 0 Å². The van der Waals surface area contributed by atoms with Gasteiger partial charge < -0.3 is 15.8 Å². The standard InChI is InChI=1S/C15H15N5O2/c1-22-13-7-10(14(16)21)3-4-12(13)18-8-11-9-19-20-6-2-5-17-15(11)20/h2-7,9,18H,8H2,1H3,(H2,16,21). The summed E-state index contributed by atoms with van der Waals surface area (Å²) in [5.41, 5.74) is 8.19. The third kappa shape index (κ3) is 2.56. The number of rotatable bonds is 5. The van der Waals surface area contributed by atoms with Crippen molar-refractivity contribution in [3.05, 3.63) is 54.0 Å². The molecular weight excluding hydrogens is 282 g/mol. The number of primary amides is 1. The highest BCUT2D eigenvalue weighted by Crippen LogP contribution is 2.26. The number of carbonyl (C=O) groups excluding carboxylic acids is 1. The van der Waals surface area contributed by atoms with Crippen molar-refractivity contribution in [3.63, 3.8) is 0 Å². The van der Waals surface area contributed by atoms with E-state index >= 15 is 0 Å². The van der Waals surface area contributed by atoms with Gasteiger partial charge in [0.15, 0.2) is 5.65 Å². The second-order valence-electron chi connectivity index (χ2n) is 4.69. The molecule has 1 aromatic carbocycles. The summed E-state index contributed by atoms with van der Waals surface area (Å²) in [6, 6.07) is 6.85. The molecule has 112 valence electrons. The molecule has 2 aromatic heterocycles. The van der Waals surface area contributed by atoms with Gasteiger partial charge in [0.1, 0.15) is 5.75 Å². The molecule has 0 bridgehead atoms. The average Bonchev–Trinajstić information content (AvgIpc) is 2.96. The highest BCUT2D eigenvalue weighted by atomic mass is 16.5. The number of hydrogen-bond donors (Lipinski definition) is 2. The van der Waals surface area contributed by atoms with Crippen LogP contribution in [0.1, 0.15) is 15.9 Å². The zero-order valence-corrected chi connectivity index (χ0v) is 12.0. The van der Waals surface area contributed by atoms with Gasteiger partial charge in [0, 0.05) is 30.1 Å². The van der Waals surface area contributed by atoms with E-state index in [1.807, 2.05) is 12.3 Å². The number of nitrogens with zero attached hydrogens (tertiary/aromatic N) is 3. The van der Waals surface area contributed by atoms with Crippen molar-refractivity contribution in [2.45, 2.75) is 6.54 Å². The molecule has 0 atom stereocenters. The molecule has 3 N–H and O–H groups in total. The van der Waals surface area contributed by atoms with Crippen LogP contribution < -0.4 is 15.8 Å². The Bertz CT molecular complexity index is 828. The monoisotopic (exact) mass is 297 g/mol. The summed E-state index contributed by atoms with van der Waals surface area (Å²) in [6.45, 7) is 0.535. The summed E-state index contributed by atoms with van der Waals surface area (Å²) < 4.78 is 7.00. The van der Waals surface area contributed by atoms with Crippen molar-refractivity contribution < 1.29 is 9.53 Å². The number of nitrogens with two attached hydrogens (primary N) is 1. The van der Waals surface area contributed by atoms with Crippen LogP contribution >= 0.6 is 0 Å². The predicted octanol–water partition coefficient (Wildman–Crippen LogP) is 1.45. The van der Waals surface area contributed by atoms with Gasteiger partial charge in [-0.3, -0.25) is 4.79 Å². The van der Waals surface area contributed by atoms with Gasteiger partial charge in [-0.15, -0.1) is 0 Å². The van der Waals surface area contributed by atoms with Gasteiger partial charge in [-0.05, 0) is 24.3 Å². The largest absolute Gasteiger partial charge is 0.495 e. The smallest absolute Gasteiger partial charge is 0.248 e. The minimum absolute atomic E-state index is 0.403. The van der Waals surface area contributed by atoms with Crippen LogP contribution in [0.3, 0.4) is 0 Å². The number of benzene rings is 1. The van der Waals surface area contributed by atoms with Crippen molar-refractivity contribution in [3.8, 4) is 5.75 Å². The van der Waals surface area contributed by atoms with Crippen LogP contribution in [0.15, 0.2) is 42.9 Å². The number of amides is 1. The lowest BCUT2D eigenvalue weighted by Crippen LogP contribution is -2.11. The maximum atomic E-state index is 11.2. The number of fused-ring (bicyclic) bond motifs is 1. The van der Waals surface area contributed by atoms with E-state index in [0.717, 1.165) is 16.9 Å². The molecule has 7 heteroatoms. The van der Waals surface area contributed by atoms with Crippen LogP contribution in [0.4, 0.5) is 5.69 Å². The summed E-state index contributed by atoms with van der Waals surface area (Å²) >= 11 is 0. The Hall–Kier alpha value is -3.09. The lowest BCUT2D eigenvalue weighted by atomic mass is 10.1. The van der Waals surface area contributed by atoms with Crippen LogP contribution in [0, 0.1) is 0 Å². The lowest BCUT2D eigenvalue weighted by molar-refractivity contribution is 0.1000. The molecular formula is C15H15N5O2. The van der Waals surface area contributed by atoms with Gasteiger partial charge in [-0.2, -0.15) is 5.10 Å². The molecule has 0 radical (unpaired) electrons. The van der Waals surface area contributed by atoms with Crippen molar-refractivity contribution in [2.75, 3.05) is 12.4 Å². The summed E-state index contributed by atoms with van der Waals surface area (Å²) in [4.78, 5) is 15.5. The molecule has 0 aliphatic carbocycles. The molecule has 1 amide bonds. The van der Waals surface area contributed by atoms with E-state index in [1.54, 1.807) is 42.2 Å². The number of methoxy groups -OCH3 is 1. The van der Waals surface area contributed by atoms with Crippen LogP contribution in [-0.2, 0) is 6.54 Å². The van der Waals surface area contributed by atoms with Crippen LogP contribution in [0.5, 0.6) is 5.75 Å². The first-order valence-electron chi connectivity index (χ1n) is 6.68. The fourth-order valence-electron chi connectivity index (χ4n) is 2.18. The van der Waals surface area contributed by atoms with Gasteiger partial charge in [-0.25, -0.2) is 9.50 Å². The Morgan fingerprint density at radius 1 is 1.45 bits per heavy atom. The number of nitrogens with one attached hydrogen (secondary N) is 1. The Labute approximate surface area is 126 Å². The minimum atomic E-state index is -0.489. The molecule has 2 heterocycles. The zero-order chi connectivity index (χ0) is 15.5. The van der Waals surface area contributed by atoms with Crippen LogP contribution in [0.25, 0.3) is 5.65 Å². The fourth-order valence-corrected chi connectivity index (χ4v) is 2.18. The normalized spacial score (nSPS) is 10.6. The summed E-state index contributed by atoms with van der Waals surface area (Å²) in [5.74, 6) is 0.0670. The molecule has 0 fully saturated rings. The molecule has 7 nitrogen and oxygen atoms in total. The first-order valence-corrected chi connectivity index (χ1v) is 6.68. The number of hydrogen-bond acceptors (Lipinski definition) is 5. The van der Waals surface area contributed by atoms with Crippen molar-refractivity contribution in [2.24, 2.45) is 5.73 Å². The minimum Gasteiger partial charge on any atom is -0.495 e. The van der Waals surface area contributed by atoms with E-state index < -0.39 is 5.91 Å². The lowest BCUT2D eigenvalue weighted by Gasteiger charge is -2.11. The molecule has 0 aliphatic rings. The molecule has 0 unspecified atom stereocenters. The average molecular weight is 297 g/mol. The molecule has 0 saturated carbocycles. The van der Waals surface area contributed by atoms with Crippen LogP contribution in [-0.4, -0.2) is 27.6 Å². The Balaban J connectivity index is 1.83. The predicted molar refractivity (Wildman–Crippen MR) is 81.8 cm³/mol. The van der Waals surface area contributed by atoms with Gasteiger partial charge in [0.05, 0.1) is 19.0 Å². The first kappa shape index (κ1) is 13.9. The second kappa shape index (κ2) is 5.72. The van der Waals surface area contributed by atoms with E-state index in [1.165, 1.54) is 0 Å². The van der Waals surface area contributed by atoms with Crippen molar-refractivity contribution >= 4 is 17.2 Å². The molecule has 3 aromatic rings. The number of carbonyl (C=O) groups is 1. The maximum Gasteiger partial charge on any atom is 0.248 e. The Kier molecular flexibility index (Phi) is 3.61. The van der Waals surface area contributed by atoms with Crippen LogP contribution in [0.2, 0.25) is 0 Å². The highest BCUT2D eigenvalue weighted by Gasteiger charge is 2.09. The van der Waals surface area contributed by atoms with Crippen molar-refractivity contribution in [1.82, 2.24) is 14.6 Å². The van der Waals surface area contributed by atoms with Crippen molar-refractivity contribution in [1.29, 1.82) is 0 Å². The van der Waals surface area contributed by atoms with E-state index in [-0.39, 0.29) is 0 Å². The Morgan fingerprint density at radius 2 is 2.32 bits per heavy atom. The van der Waals surface area contributed by atoms with E-state index in [9.17, 15) is 4.79 Å². The molecule has 3 rings (SSSR count). The summed E-state index contributed by atoms with van der Waals surface area (Å²) in [5, 5.41) is 7.49. The topological polar surface area (TPSA) is 94.5 Å². The first-order chi connectivity index (χ1) is 10.7. The molecule has 0 spiro atoms. The molecule has 0 saturated heterocycles. The number of anilines is 1. The maximum absolute atomic E-state index is 11.2. The third-order valence-electron chi connectivity index (χ3n) is 3.31. The summed E-state index contributed by atoms with van der Waals surface area (Å²) in [7, 11) is 1.54. The molecule has 22 heavy (non-hydrogen) atoms. The number of ether oxygens (including phenoxy) is 1. The zero-order valence-electron chi connectivity index (χ0n) is 12.0. The van der Waals surface area contributed by atoms with E-state index in [2.05, 4.69) is 15.4 Å². The quantitative estimate of drug-likeness (QED) is 0.743. The van der Waals surface area contributed by atoms with Gasteiger partial charge in [-0.1, -0.05) is 0 Å². The second-order valence-corrected chi connectivity index (χ2v) is 4.69. The fraction of sp³-hybridized carbons (Fsp3) is 0.133. The van der Waals surface area contributed by atoms with Gasteiger partial charge >= 0.3 is 0 Å². The number of aromatic nitrogens is 3. The van der Waals surface area contributed by atoms with E-state index in [0.29, 0.717) is 17.9 Å². The summed E-state index contributed by atoms with van der Waals surface area (Å²) in [6.07, 6.45) is 5.33. The molecule has 0 aliphatic heterocycles. The SMILES string of the molecule is COc1cc(C(N)=O)ccc1NCc1cnn2cccnc12. The van der Waals surface area contributed by atoms with E-state index in [4.69, 9.17) is 10.5 Å². The highest BCUT2D eigenvalue weighted by molar-refractivity contribution is 5.93. The third-order valence-corrected chi connectivity index (χ3v) is 3.31.